The lowest BCUT2D eigenvalue weighted by Crippen LogP contribution is -2.19. The zero-order chi connectivity index (χ0) is 12.5. The van der Waals surface area contributed by atoms with E-state index in [0.29, 0.717) is 0 Å². The first-order chi connectivity index (χ1) is 7.36. The standard InChI is InChI=1S/C11H10BrF3O/c1-5(9(12)6(2)16)7-3-4-8(13)11(15)10(7)14/h3-5,9H,1-2H3. The lowest BCUT2D eigenvalue weighted by Gasteiger charge is -2.17. The summed E-state index contributed by atoms with van der Waals surface area (Å²) in [5, 5.41) is 0. The van der Waals surface area contributed by atoms with Gasteiger partial charge in [-0.3, -0.25) is 4.79 Å². The molecule has 1 aromatic carbocycles. The van der Waals surface area contributed by atoms with Gasteiger partial charge in [-0.1, -0.05) is 28.9 Å². The maximum Gasteiger partial charge on any atom is 0.194 e. The second kappa shape index (κ2) is 4.99. The fraction of sp³-hybridized carbons (Fsp3) is 0.364. The average molecular weight is 295 g/mol. The zero-order valence-corrected chi connectivity index (χ0v) is 10.3. The van der Waals surface area contributed by atoms with Gasteiger partial charge >= 0.3 is 0 Å². The van der Waals surface area contributed by atoms with E-state index in [1.807, 2.05) is 0 Å². The second-order valence-corrected chi connectivity index (χ2v) is 4.55. The Hall–Kier alpha value is -0.840. The van der Waals surface area contributed by atoms with Crippen LogP contribution < -0.4 is 0 Å². The molecule has 0 heterocycles. The summed E-state index contributed by atoms with van der Waals surface area (Å²) in [6.45, 7) is 2.91. The van der Waals surface area contributed by atoms with Crippen molar-refractivity contribution >= 4 is 21.7 Å². The number of Topliss-reactive ketones (excluding diaryl/α,β-unsaturated/α-hetero) is 1. The van der Waals surface area contributed by atoms with Gasteiger partial charge in [-0.2, -0.15) is 0 Å². The number of hydrogen-bond donors (Lipinski definition) is 0. The first kappa shape index (κ1) is 13.2. The van der Waals surface area contributed by atoms with Crippen molar-refractivity contribution in [3.05, 3.63) is 35.1 Å². The number of carbonyl (C=O) groups excluding carboxylic acids is 1. The topological polar surface area (TPSA) is 17.1 Å². The molecule has 0 fully saturated rings. The number of ketones is 1. The van der Waals surface area contributed by atoms with Crippen LogP contribution >= 0.6 is 15.9 Å². The molecule has 2 unspecified atom stereocenters. The van der Waals surface area contributed by atoms with Gasteiger partial charge in [-0.05, 0) is 18.6 Å². The van der Waals surface area contributed by atoms with Crippen molar-refractivity contribution in [1.29, 1.82) is 0 Å². The molecule has 5 heteroatoms. The smallest absolute Gasteiger partial charge is 0.194 e. The van der Waals surface area contributed by atoms with Crippen LogP contribution in [-0.4, -0.2) is 10.6 Å². The Bertz CT molecular complexity index is 420. The predicted molar refractivity (Wildman–Crippen MR) is 58.1 cm³/mol. The van der Waals surface area contributed by atoms with E-state index in [1.165, 1.54) is 6.92 Å². The van der Waals surface area contributed by atoms with Gasteiger partial charge in [-0.15, -0.1) is 0 Å². The molecule has 1 nitrogen and oxygen atoms in total. The molecule has 88 valence electrons. The summed E-state index contributed by atoms with van der Waals surface area (Å²) in [6.07, 6.45) is 0. The largest absolute Gasteiger partial charge is 0.299 e. The van der Waals surface area contributed by atoms with Gasteiger partial charge in [0.25, 0.3) is 0 Å². The minimum absolute atomic E-state index is 0.0176. The van der Waals surface area contributed by atoms with Crippen molar-refractivity contribution in [2.24, 2.45) is 0 Å². The molecule has 2 atom stereocenters. The first-order valence-electron chi connectivity index (χ1n) is 4.64. The molecule has 0 radical (unpaired) electrons. The van der Waals surface area contributed by atoms with E-state index in [2.05, 4.69) is 15.9 Å². The third kappa shape index (κ3) is 2.45. The van der Waals surface area contributed by atoms with Crippen LogP contribution in [0.15, 0.2) is 12.1 Å². The van der Waals surface area contributed by atoms with Gasteiger partial charge < -0.3 is 0 Å². The molecule has 0 N–H and O–H groups in total. The Balaban J connectivity index is 3.14. The quantitative estimate of drug-likeness (QED) is 0.615. The highest BCUT2D eigenvalue weighted by Gasteiger charge is 2.25. The fourth-order valence-electron chi connectivity index (χ4n) is 1.40. The molecule has 0 aromatic heterocycles. The molecular weight excluding hydrogens is 285 g/mol. The minimum Gasteiger partial charge on any atom is -0.299 e. The second-order valence-electron chi connectivity index (χ2n) is 3.57. The minimum atomic E-state index is -1.51. The summed E-state index contributed by atoms with van der Waals surface area (Å²) in [7, 11) is 0. The summed E-state index contributed by atoms with van der Waals surface area (Å²) in [5.74, 6) is -4.74. The Morgan fingerprint density at radius 1 is 1.25 bits per heavy atom. The van der Waals surface area contributed by atoms with Crippen LogP contribution in [0, 0.1) is 17.5 Å². The Morgan fingerprint density at radius 2 is 1.81 bits per heavy atom. The lowest BCUT2D eigenvalue weighted by molar-refractivity contribution is -0.116. The van der Waals surface area contributed by atoms with Crippen molar-refractivity contribution in [3.63, 3.8) is 0 Å². The summed E-state index contributed by atoms with van der Waals surface area (Å²) < 4.78 is 39.0. The predicted octanol–water partition coefficient (Wildman–Crippen LogP) is 3.56. The van der Waals surface area contributed by atoms with Crippen molar-refractivity contribution in [1.82, 2.24) is 0 Å². The van der Waals surface area contributed by atoms with Gasteiger partial charge in [0.15, 0.2) is 17.5 Å². The monoisotopic (exact) mass is 294 g/mol. The maximum absolute atomic E-state index is 13.4. The third-order valence-electron chi connectivity index (χ3n) is 2.38. The van der Waals surface area contributed by atoms with Crippen LogP contribution in [0.2, 0.25) is 0 Å². The molecule has 0 bridgehead atoms. The van der Waals surface area contributed by atoms with E-state index in [-0.39, 0.29) is 11.3 Å². The van der Waals surface area contributed by atoms with Gasteiger partial charge in [-0.25, -0.2) is 13.2 Å². The summed E-state index contributed by atoms with van der Waals surface area (Å²) >= 11 is 3.09. The highest BCUT2D eigenvalue weighted by atomic mass is 79.9. The molecule has 1 aromatic rings. The van der Waals surface area contributed by atoms with Crippen molar-refractivity contribution in [2.45, 2.75) is 24.6 Å². The van der Waals surface area contributed by atoms with E-state index in [0.717, 1.165) is 12.1 Å². The van der Waals surface area contributed by atoms with E-state index in [1.54, 1.807) is 6.92 Å². The van der Waals surface area contributed by atoms with Crippen LogP contribution in [-0.2, 0) is 4.79 Å². The molecule has 0 spiro atoms. The highest BCUT2D eigenvalue weighted by Crippen LogP contribution is 2.29. The average Bonchev–Trinajstić information content (AvgIpc) is 2.24. The molecule has 1 rings (SSSR count). The number of carbonyl (C=O) groups is 1. The van der Waals surface area contributed by atoms with Crippen LogP contribution in [0.4, 0.5) is 13.2 Å². The normalized spacial score (nSPS) is 14.6. The number of benzene rings is 1. The molecule has 0 aliphatic heterocycles. The van der Waals surface area contributed by atoms with Crippen LogP contribution in [0.25, 0.3) is 0 Å². The molecular formula is C11H10BrF3O. The number of hydrogen-bond acceptors (Lipinski definition) is 1. The van der Waals surface area contributed by atoms with Crippen LogP contribution in [0.5, 0.6) is 0 Å². The van der Waals surface area contributed by atoms with E-state index in [9.17, 15) is 18.0 Å². The van der Waals surface area contributed by atoms with Crippen molar-refractivity contribution in [2.75, 3.05) is 0 Å². The summed E-state index contributed by atoms with van der Waals surface area (Å²) in [5.41, 5.74) is -0.0176. The van der Waals surface area contributed by atoms with E-state index < -0.39 is 28.2 Å². The van der Waals surface area contributed by atoms with Crippen molar-refractivity contribution < 1.29 is 18.0 Å². The van der Waals surface area contributed by atoms with Gasteiger partial charge in [0.2, 0.25) is 0 Å². The zero-order valence-electron chi connectivity index (χ0n) is 8.73. The summed E-state index contributed by atoms with van der Waals surface area (Å²) in [6, 6.07) is 2.00. The molecule has 0 amide bonds. The molecule has 0 aliphatic rings. The molecule has 0 saturated heterocycles. The lowest BCUT2D eigenvalue weighted by atomic mass is 9.95. The Morgan fingerprint density at radius 3 is 2.31 bits per heavy atom. The first-order valence-corrected chi connectivity index (χ1v) is 5.55. The Kier molecular flexibility index (Phi) is 4.13. The number of rotatable bonds is 3. The molecule has 0 aliphatic carbocycles. The number of alkyl halides is 1. The van der Waals surface area contributed by atoms with Gasteiger partial charge in [0.1, 0.15) is 5.78 Å². The van der Waals surface area contributed by atoms with Crippen molar-refractivity contribution in [3.8, 4) is 0 Å². The highest BCUT2D eigenvalue weighted by molar-refractivity contribution is 9.10. The van der Waals surface area contributed by atoms with Crippen LogP contribution in [0.3, 0.4) is 0 Å². The SMILES string of the molecule is CC(=O)C(Br)C(C)c1ccc(F)c(F)c1F. The fourth-order valence-corrected chi connectivity index (χ4v) is 1.69. The van der Waals surface area contributed by atoms with Gasteiger partial charge in [0, 0.05) is 5.92 Å². The molecule has 0 saturated carbocycles. The third-order valence-corrected chi connectivity index (χ3v) is 3.82. The van der Waals surface area contributed by atoms with Crippen LogP contribution in [0.1, 0.15) is 25.3 Å². The Labute approximate surface area is 99.8 Å². The van der Waals surface area contributed by atoms with E-state index >= 15 is 0 Å². The summed E-state index contributed by atoms with van der Waals surface area (Å²) in [4.78, 5) is 10.5. The maximum atomic E-state index is 13.4. The molecule has 16 heavy (non-hydrogen) atoms. The number of halogens is 4. The van der Waals surface area contributed by atoms with E-state index in [4.69, 9.17) is 0 Å². The van der Waals surface area contributed by atoms with Gasteiger partial charge in [0.05, 0.1) is 4.83 Å².